The molecule has 3 aliphatic rings. The van der Waals surface area contributed by atoms with Gasteiger partial charge in [0.15, 0.2) is 0 Å². The number of carbonyl (C=O) groups excluding carboxylic acids is 4. The number of carbonyl (C=O) groups is 4. The molecule has 8 nitrogen and oxygen atoms in total. The fraction of sp³-hybridized carbons (Fsp3) is 0.714. The first-order valence-corrected chi connectivity index (χ1v) is 8.84. The first-order chi connectivity index (χ1) is 11.0. The zero-order valence-corrected chi connectivity index (χ0v) is 13.4. The summed E-state index contributed by atoms with van der Waals surface area (Å²) in [7, 11) is 0. The highest BCUT2D eigenvalue weighted by molar-refractivity contribution is 8.00. The van der Waals surface area contributed by atoms with Crippen LogP contribution in [0.2, 0.25) is 0 Å². The number of nitrogens with zero attached hydrogens (tertiary/aromatic N) is 1. The molecule has 0 spiro atoms. The Bertz CT molecular complexity index is 525. The van der Waals surface area contributed by atoms with Gasteiger partial charge in [-0.2, -0.15) is 11.8 Å². The van der Waals surface area contributed by atoms with Crippen LogP contribution in [0.25, 0.3) is 0 Å². The molecule has 0 unspecified atom stereocenters. The van der Waals surface area contributed by atoms with Crippen LogP contribution in [0.5, 0.6) is 0 Å². The van der Waals surface area contributed by atoms with Gasteiger partial charge in [0.05, 0.1) is 12.1 Å². The van der Waals surface area contributed by atoms with E-state index in [1.54, 1.807) is 0 Å². The van der Waals surface area contributed by atoms with Crippen LogP contribution in [0, 0.1) is 0 Å². The molecule has 0 aliphatic carbocycles. The summed E-state index contributed by atoms with van der Waals surface area (Å²) in [6.07, 6.45) is 2.75. The minimum absolute atomic E-state index is 0.103. The number of imide groups is 1. The van der Waals surface area contributed by atoms with E-state index in [1.807, 2.05) is 11.8 Å². The first-order valence-electron chi connectivity index (χ1n) is 7.80. The zero-order chi connectivity index (χ0) is 16.4. The van der Waals surface area contributed by atoms with Crippen LogP contribution in [0.1, 0.15) is 38.5 Å². The zero-order valence-electron chi connectivity index (χ0n) is 12.6. The maximum Gasteiger partial charge on any atom is 0.333 e. The molecule has 9 heteroatoms. The molecule has 3 heterocycles. The van der Waals surface area contributed by atoms with Gasteiger partial charge in [-0.05, 0) is 12.8 Å². The number of hydroxylamine groups is 2. The standard InChI is InChI=1S/C14H19N3O5S/c18-10-5-6-11(19)17(10)22-12(20)4-2-1-3-9-13-8(7-23-9)15-14(21)16-13/h8-9,13H,1-7H2,(H2,15,16,21)/t8-,9+,13-/m1/s1. The molecule has 0 aromatic carbocycles. The molecule has 0 aromatic heterocycles. The maximum atomic E-state index is 11.7. The first kappa shape index (κ1) is 16.1. The summed E-state index contributed by atoms with van der Waals surface area (Å²) in [5, 5.41) is 6.76. The second-order valence-electron chi connectivity index (χ2n) is 5.91. The van der Waals surface area contributed by atoms with Gasteiger partial charge in [-0.1, -0.05) is 6.42 Å². The number of hydrogen-bond acceptors (Lipinski definition) is 6. The average molecular weight is 341 g/mol. The Morgan fingerprint density at radius 2 is 1.91 bits per heavy atom. The third kappa shape index (κ3) is 3.60. The van der Waals surface area contributed by atoms with Gasteiger partial charge in [-0.15, -0.1) is 5.06 Å². The van der Waals surface area contributed by atoms with E-state index in [4.69, 9.17) is 4.84 Å². The molecule has 4 amide bonds. The van der Waals surface area contributed by atoms with Crippen LogP contribution in [-0.4, -0.2) is 52.0 Å². The van der Waals surface area contributed by atoms with Crippen LogP contribution in [-0.2, 0) is 19.2 Å². The van der Waals surface area contributed by atoms with Gasteiger partial charge in [0, 0.05) is 30.3 Å². The van der Waals surface area contributed by atoms with Gasteiger partial charge in [0.25, 0.3) is 11.8 Å². The topological polar surface area (TPSA) is 105 Å². The smallest absolute Gasteiger partial charge is 0.332 e. The molecule has 3 saturated heterocycles. The lowest BCUT2D eigenvalue weighted by Gasteiger charge is -2.16. The minimum Gasteiger partial charge on any atom is -0.332 e. The predicted molar refractivity (Wildman–Crippen MR) is 81.1 cm³/mol. The normalized spacial score (nSPS) is 29.5. The monoisotopic (exact) mass is 341 g/mol. The summed E-state index contributed by atoms with van der Waals surface area (Å²) < 4.78 is 0. The van der Waals surface area contributed by atoms with Crippen LogP contribution in [0.4, 0.5) is 4.79 Å². The lowest BCUT2D eigenvalue weighted by atomic mass is 10.0. The maximum absolute atomic E-state index is 11.7. The van der Waals surface area contributed by atoms with Gasteiger partial charge < -0.3 is 15.5 Å². The van der Waals surface area contributed by atoms with Crippen LogP contribution in [0.15, 0.2) is 0 Å². The number of amides is 4. The van der Waals surface area contributed by atoms with E-state index in [2.05, 4.69) is 10.6 Å². The largest absolute Gasteiger partial charge is 0.333 e. The molecule has 0 saturated carbocycles. The summed E-state index contributed by atoms with van der Waals surface area (Å²) in [6, 6.07) is 0.266. The molecule has 3 fully saturated rings. The van der Waals surface area contributed by atoms with Gasteiger partial charge in [0.1, 0.15) is 0 Å². The van der Waals surface area contributed by atoms with E-state index in [1.165, 1.54) is 0 Å². The lowest BCUT2D eigenvalue weighted by molar-refractivity contribution is -0.197. The Morgan fingerprint density at radius 1 is 1.17 bits per heavy atom. The van der Waals surface area contributed by atoms with Gasteiger partial charge in [0.2, 0.25) is 0 Å². The van der Waals surface area contributed by atoms with Crippen molar-refractivity contribution in [1.82, 2.24) is 15.7 Å². The summed E-state index contributed by atoms with van der Waals surface area (Å²) in [5.74, 6) is -0.557. The highest BCUT2D eigenvalue weighted by Crippen LogP contribution is 2.33. The number of fused-ring (bicyclic) bond motifs is 1. The van der Waals surface area contributed by atoms with Crippen molar-refractivity contribution in [3.8, 4) is 0 Å². The molecule has 3 aliphatic heterocycles. The molecule has 3 rings (SSSR count). The van der Waals surface area contributed by atoms with E-state index in [-0.39, 0.29) is 37.4 Å². The molecular formula is C14H19N3O5S. The van der Waals surface area contributed by atoms with Crippen molar-refractivity contribution in [2.75, 3.05) is 5.75 Å². The fourth-order valence-corrected chi connectivity index (χ4v) is 4.61. The van der Waals surface area contributed by atoms with Crippen molar-refractivity contribution in [2.45, 2.75) is 55.9 Å². The number of thioether (sulfide) groups is 1. The number of urea groups is 1. The van der Waals surface area contributed by atoms with Crippen molar-refractivity contribution in [3.63, 3.8) is 0 Å². The van der Waals surface area contributed by atoms with Crippen molar-refractivity contribution in [3.05, 3.63) is 0 Å². The number of nitrogens with one attached hydrogen (secondary N) is 2. The second kappa shape index (κ2) is 6.77. The van der Waals surface area contributed by atoms with Crippen molar-refractivity contribution in [2.24, 2.45) is 0 Å². The summed E-state index contributed by atoms with van der Waals surface area (Å²) in [6.45, 7) is 0. The Morgan fingerprint density at radius 3 is 2.65 bits per heavy atom. The molecule has 3 atom stereocenters. The van der Waals surface area contributed by atoms with E-state index in [0.717, 1.165) is 18.6 Å². The third-order valence-electron chi connectivity index (χ3n) is 4.26. The summed E-state index contributed by atoms with van der Waals surface area (Å²) >= 11 is 1.83. The minimum atomic E-state index is -0.554. The molecule has 0 radical (unpaired) electrons. The molecule has 0 bridgehead atoms. The Balaban J connectivity index is 1.34. The van der Waals surface area contributed by atoms with E-state index in [9.17, 15) is 19.2 Å². The van der Waals surface area contributed by atoms with Crippen LogP contribution >= 0.6 is 11.8 Å². The molecule has 0 aromatic rings. The van der Waals surface area contributed by atoms with Crippen LogP contribution < -0.4 is 10.6 Å². The third-order valence-corrected chi connectivity index (χ3v) is 5.77. The Labute approximate surface area is 137 Å². The SMILES string of the molecule is O=C1N[C@H]2[C@H](CCCCC(=O)ON3C(=O)CCC3=O)SC[C@H]2N1. The van der Waals surface area contributed by atoms with E-state index >= 15 is 0 Å². The molecule has 2 N–H and O–H groups in total. The van der Waals surface area contributed by atoms with Gasteiger partial charge >= 0.3 is 12.0 Å². The number of unbranched alkanes of at least 4 members (excludes halogenated alkanes) is 1. The summed E-state index contributed by atoms with van der Waals surface area (Å²) in [5.41, 5.74) is 0. The van der Waals surface area contributed by atoms with E-state index < -0.39 is 17.8 Å². The second-order valence-corrected chi connectivity index (χ2v) is 7.18. The lowest BCUT2D eigenvalue weighted by Crippen LogP contribution is -2.36. The van der Waals surface area contributed by atoms with Crippen molar-refractivity contribution >= 4 is 35.6 Å². The van der Waals surface area contributed by atoms with E-state index in [0.29, 0.717) is 16.7 Å². The molecule has 126 valence electrons. The predicted octanol–water partition coefficient (Wildman–Crippen LogP) is 0.319. The number of hydrogen-bond donors (Lipinski definition) is 2. The van der Waals surface area contributed by atoms with Gasteiger partial charge in [-0.25, -0.2) is 9.59 Å². The fourth-order valence-electron chi connectivity index (χ4n) is 3.06. The van der Waals surface area contributed by atoms with Gasteiger partial charge in [-0.3, -0.25) is 9.59 Å². The Hall–Kier alpha value is -1.77. The number of rotatable bonds is 6. The molecular weight excluding hydrogens is 322 g/mol. The Kier molecular flexibility index (Phi) is 4.74. The molecule has 23 heavy (non-hydrogen) atoms. The quantitative estimate of drug-likeness (QED) is 0.409. The van der Waals surface area contributed by atoms with Crippen molar-refractivity contribution in [1.29, 1.82) is 0 Å². The highest BCUT2D eigenvalue weighted by atomic mass is 32.2. The summed E-state index contributed by atoms with van der Waals surface area (Å²) in [4.78, 5) is 50.5. The highest BCUT2D eigenvalue weighted by Gasteiger charge is 2.42. The van der Waals surface area contributed by atoms with Crippen molar-refractivity contribution < 1.29 is 24.0 Å². The average Bonchev–Trinajstić information content (AvgIpc) is 3.14. The van der Waals surface area contributed by atoms with Crippen LogP contribution in [0.3, 0.4) is 0 Å².